The molecule has 2 aromatic carbocycles. The number of carbonyl (C=O) groups excluding carboxylic acids is 1. The number of benzene rings is 2. The van der Waals surface area contributed by atoms with Gasteiger partial charge in [0.15, 0.2) is 0 Å². The van der Waals surface area contributed by atoms with E-state index in [0.717, 1.165) is 44.2 Å². The van der Waals surface area contributed by atoms with Crippen LogP contribution in [0.2, 0.25) is 0 Å². The Balaban J connectivity index is 1.10. The molecule has 5 aliphatic rings. The van der Waals surface area contributed by atoms with E-state index in [1.54, 1.807) is 6.07 Å². The van der Waals surface area contributed by atoms with Crippen LogP contribution in [0, 0.1) is 17.3 Å². The quantitative estimate of drug-likeness (QED) is 0.209. The Labute approximate surface area is 291 Å². The molecule has 3 heterocycles. The third-order valence-electron chi connectivity index (χ3n) is 12.2. The first kappa shape index (κ1) is 34.8. The molecule has 7 atom stereocenters. The molecule has 1 aromatic heterocycles. The second-order valence-electron chi connectivity index (χ2n) is 15.4. The standard InChI is InChI=1S/C38H46BF3N4O4/c1-5-32(39-49-31-20-27-19-30(36(27,2)3)37(31,4)50-39)45-34(47)29-18-25(15-9-13-23-11-7-6-8-12-23)33-44-22-28(35(48)46(29)33)43-21-24-14-10-16-26(17-24)38(40,41)42/h6-8,10-12,14,16-17,22,25,27,29-32,43H,5,9,13,15,18-21H2,1-4H3,(H,45,47)/t25-,27-,29-,30-,31+,32-,37-/m0/s1. The second kappa shape index (κ2) is 13.2. The number of carbonyl (C=O) groups is 1. The van der Waals surface area contributed by atoms with E-state index < -0.39 is 42.0 Å². The Hall–Kier alpha value is -3.64. The van der Waals surface area contributed by atoms with Crippen LogP contribution in [0.5, 0.6) is 0 Å². The molecule has 3 saturated carbocycles. The van der Waals surface area contributed by atoms with Crippen molar-refractivity contribution in [3.63, 3.8) is 0 Å². The topological polar surface area (TPSA) is 94.5 Å². The fourth-order valence-corrected chi connectivity index (χ4v) is 9.12. The van der Waals surface area contributed by atoms with Crippen LogP contribution in [0.15, 0.2) is 65.6 Å². The maximum absolute atomic E-state index is 14.2. The van der Waals surface area contributed by atoms with Crippen LogP contribution >= 0.6 is 0 Å². The summed E-state index contributed by atoms with van der Waals surface area (Å²) in [6.07, 6.45) is 2.48. The number of anilines is 1. The lowest BCUT2D eigenvalue weighted by molar-refractivity contribution is -0.199. The number of aryl methyl sites for hydroxylation is 1. The van der Waals surface area contributed by atoms with Crippen LogP contribution < -0.4 is 16.2 Å². The predicted molar refractivity (Wildman–Crippen MR) is 185 cm³/mol. The molecule has 1 saturated heterocycles. The Kier molecular flexibility index (Phi) is 9.16. The van der Waals surface area contributed by atoms with Gasteiger partial charge in [-0.2, -0.15) is 13.2 Å². The lowest BCUT2D eigenvalue weighted by Gasteiger charge is -2.64. The van der Waals surface area contributed by atoms with E-state index in [-0.39, 0.29) is 35.6 Å². The summed E-state index contributed by atoms with van der Waals surface area (Å²) in [5.74, 6) is 0.731. The van der Waals surface area contributed by atoms with Crippen LogP contribution in [0.1, 0.15) is 101 Å². The predicted octanol–water partition coefficient (Wildman–Crippen LogP) is 7.09. The molecule has 0 unspecified atom stereocenters. The van der Waals surface area contributed by atoms with E-state index in [4.69, 9.17) is 9.31 Å². The molecule has 2 N–H and O–H groups in total. The van der Waals surface area contributed by atoms with Gasteiger partial charge in [-0.1, -0.05) is 63.2 Å². The average molecular weight is 691 g/mol. The third-order valence-corrected chi connectivity index (χ3v) is 12.2. The minimum atomic E-state index is -4.47. The van der Waals surface area contributed by atoms with Crippen molar-refractivity contribution in [3.8, 4) is 0 Å². The van der Waals surface area contributed by atoms with E-state index in [9.17, 15) is 22.8 Å². The van der Waals surface area contributed by atoms with Crippen molar-refractivity contribution in [2.75, 3.05) is 5.32 Å². The minimum Gasteiger partial charge on any atom is -0.404 e. The van der Waals surface area contributed by atoms with Gasteiger partial charge >= 0.3 is 13.3 Å². The molecule has 8 rings (SSSR count). The molecule has 12 heteroatoms. The van der Waals surface area contributed by atoms with E-state index >= 15 is 0 Å². The normalized spacial score (nSPS) is 28.4. The summed E-state index contributed by atoms with van der Waals surface area (Å²) in [7, 11) is -0.591. The molecule has 2 aliphatic heterocycles. The van der Waals surface area contributed by atoms with Crippen LogP contribution in [-0.4, -0.2) is 40.2 Å². The molecule has 2 bridgehead atoms. The number of nitrogens with zero attached hydrogens (tertiary/aromatic N) is 2. The summed E-state index contributed by atoms with van der Waals surface area (Å²) in [6.45, 7) is 8.76. The first-order valence-corrected chi connectivity index (χ1v) is 18.0. The number of hydrogen-bond donors (Lipinski definition) is 2. The summed E-state index contributed by atoms with van der Waals surface area (Å²) < 4.78 is 54.6. The van der Waals surface area contributed by atoms with Crippen molar-refractivity contribution in [2.24, 2.45) is 17.3 Å². The number of halogens is 3. The van der Waals surface area contributed by atoms with Crippen molar-refractivity contribution in [3.05, 3.63) is 93.7 Å². The van der Waals surface area contributed by atoms with Gasteiger partial charge in [0.2, 0.25) is 5.91 Å². The number of aromatic nitrogens is 2. The average Bonchev–Trinajstić information content (AvgIpc) is 3.65. The van der Waals surface area contributed by atoms with Crippen LogP contribution in [0.25, 0.3) is 0 Å². The van der Waals surface area contributed by atoms with E-state index in [2.05, 4.69) is 48.5 Å². The Morgan fingerprint density at radius 3 is 2.56 bits per heavy atom. The monoisotopic (exact) mass is 690 g/mol. The molecule has 8 nitrogen and oxygen atoms in total. The molecule has 50 heavy (non-hydrogen) atoms. The Morgan fingerprint density at radius 2 is 1.84 bits per heavy atom. The molecule has 0 radical (unpaired) electrons. The molecule has 4 fully saturated rings. The number of hydrogen-bond acceptors (Lipinski definition) is 6. The number of rotatable bonds is 11. The smallest absolute Gasteiger partial charge is 0.404 e. The first-order chi connectivity index (χ1) is 23.8. The zero-order chi connectivity index (χ0) is 35.4. The fraction of sp³-hybridized carbons (Fsp3) is 0.553. The summed E-state index contributed by atoms with van der Waals surface area (Å²) in [6, 6.07) is 14.4. The molecular weight excluding hydrogens is 644 g/mol. The van der Waals surface area contributed by atoms with Gasteiger partial charge in [-0.3, -0.25) is 14.2 Å². The lowest BCUT2D eigenvalue weighted by atomic mass is 9.43. The van der Waals surface area contributed by atoms with Crippen LogP contribution in [0.4, 0.5) is 18.9 Å². The van der Waals surface area contributed by atoms with Crippen molar-refractivity contribution < 1.29 is 27.3 Å². The van der Waals surface area contributed by atoms with Crippen molar-refractivity contribution in [1.82, 2.24) is 14.9 Å². The SMILES string of the molecule is CC[C@H](NC(=O)[C@@H]1C[C@H](CCCc2ccccc2)c2ncc(NCc3cccc(C(F)(F)F)c3)c(=O)n21)B1O[C@@H]2C[C@@H]3C[C@@H](C3(C)C)[C@]2(C)O1. The maximum atomic E-state index is 14.2. The molecule has 0 spiro atoms. The molecule has 266 valence electrons. The highest BCUT2D eigenvalue weighted by atomic mass is 19.4. The zero-order valence-electron chi connectivity index (χ0n) is 29.1. The maximum Gasteiger partial charge on any atom is 0.481 e. The van der Waals surface area contributed by atoms with Crippen LogP contribution in [-0.2, 0) is 33.2 Å². The van der Waals surface area contributed by atoms with Crippen molar-refractivity contribution in [2.45, 2.75) is 115 Å². The highest BCUT2D eigenvalue weighted by Gasteiger charge is 2.68. The van der Waals surface area contributed by atoms with Crippen LogP contribution in [0.3, 0.4) is 0 Å². The Morgan fingerprint density at radius 1 is 1.08 bits per heavy atom. The molecule has 1 amide bonds. The largest absolute Gasteiger partial charge is 0.481 e. The highest BCUT2D eigenvalue weighted by molar-refractivity contribution is 6.47. The van der Waals surface area contributed by atoms with Gasteiger partial charge in [-0.05, 0) is 92.4 Å². The highest BCUT2D eigenvalue weighted by Crippen LogP contribution is 2.65. The summed E-state index contributed by atoms with van der Waals surface area (Å²) in [5.41, 5.74) is 0.318. The van der Waals surface area contributed by atoms with E-state index in [1.807, 2.05) is 25.1 Å². The van der Waals surface area contributed by atoms with E-state index in [0.29, 0.717) is 36.1 Å². The van der Waals surface area contributed by atoms with Crippen molar-refractivity contribution >= 4 is 18.7 Å². The number of alkyl halides is 3. The number of nitrogens with one attached hydrogen (secondary N) is 2. The van der Waals surface area contributed by atoms with Gasteiger partial charge in [0.25, 0.3) is 5.56 Å². The molecule has 3 aliphatic carbocycles. The van der Waals surface area contributed by atoms with E-state index in [1.165, 1.54) is 22.4 Å². The van der Waals surface area contributed by atoms with Gasteiger partial charge in [-0.15, -0.1) is 0 Å². The number of amides is 1. The van der Waals surface area contributed by atoms with Gasteiger partial charge < -0.3 is 19.9 Å². The second-order valence-corrected chi connectivity index (χ2v) is 15.4. The summed E-state index contributed by atoms with van der Waals surface area (Å²) >= 11 is 0. The third kappa shape index (κ3) is 6.27. The van der Waals surface area contributed by atoms with Gasteiger partial charge in [0.1, 0.15) is 17.6 Å². The molecule has 3 aromatic rings. The van der Waals surface area contributed by atoms with Gasteiger partial charge in [0.05, 0.1) is 29.4 Å². The first-order valence-electron chi connectivity index (χ1n) is 18.0. The fourth-order valence-electron chi connectivity index (χ4n) is 9.12. The Bertz CT molecular complexity index is 1790. The van der Waals surface area contributed by atoms with Gasteiger partial charge in [-0.25, -0.2) is 4.98 Å². The lowest BCUT2D eigenvalue weighted by Crippen LogP contribution is -2.65. The minimum absolute atomic E-state index is 0.00951. The van der Waals surface area contributed by atoms with Crippen molar-refractivity contribution in [1.29, 1.82) is 0 Å². The zero-order valence-corrected chi connectivity index (χ0v) is 29.1. The van der Waals surface area contributed by atoms with Gasteiger partial charge in [0, 0.05) is 12.5 Å². The summed E-state index contributed by atoms with van der Waals surface area (Å²) in [4.78, 5) is 32.9. The summed E-state index contributed by atoms with van der Waals surface area (Å²) in [5, 5.41) is 6.18. The number of fused-ring (bicyclic) bond motifs is 1. The molecular formula is C38H46BF3N4O4.